The second-order valence-electron chi connectivity index (χ2n) is 12.3. The van der Waals surface area contributed by atoms with Gasteiger partial charge in [0.05, 0.1) is 49.8 Å². The molecule has 2 aliphatic rings. The zero-order valence-corrected chi connectivity index (χ0v) is 36.3. The van der Waals surface area contributed by atoms with Crippen LogP contribution >= 0.6 is 0 Å². The number of methoxy groups -OCH3 is 7. The van der Waals surface area contributed by atoms with Crippen LogP contribution in [0.1, 0.15) is 6.92 Å². The van der Waals surface area contributed by atoms with Crippen molar-refractivity contribution in [3.05, 3.63) is 0 Å². The highest BCUT2D eigenvalue weighted by atomic mass is 16.8. The first-order valence-corrected chi connectivity index (χ1v) is 18.4. The van der Waals surface area contributed by atoms with Crippen LogP contribution in [0.25, 0.3) is 0 Å². The summed E-state index contributed by atoms with van der Waals surface area (Å²) in [4.78, 5) is 135. The number of imide groups is 1. The van der Waals surface area contributed by atoms with E-state index in [1.54, 1.807) is 0 Å². The molecule has 2 amide bonds. The Morgan fingerprint density at radius 3 is 1.28 bits per heavy atom. The predicted octanol–water partition coefficient (Wildman–Crippen LogP) is 0.367. The zero-order valence-electron chi connectivity index (χ0n) is 36.3. The van der Waals surface area contributed by atoms with Crippen molar-refractivity contribution < 1.29 is 153 Å². The van der Waals surface area contributed by atoms with Gasteiger partial charge >= 0.3 is 61.3 Å². The van der Waals surface area contributed by atoms with E-state index in [0.29, 0.717) is 0 Å². The molecular weight excluding hydrogens is 934 g/mol. The predicted molar refractivity (Wildman–Crippen MR) is 194 cm³/mol. The summed E-state index contributed by atoms with van der Waals surface area (Å²) in [5, 5.41) is 9.09. The molecule has 2 heterocycles. The van der Waals surface area contributed by atoms with Gasteiger partial charge in [-0.15, -0.1) is 0 Å². The van der Waals surface area contributed by atoms with Crippen LogP contribution in [0.4, 0.5) is 43.2 Å². The molecule has 2 fully saturated rings. The van der Waals surface area contributed by atoms with Crippen LogP contribution in [0, 0.1) is 0 Å². The Morgan fingerprint density at radius 1 is 0.478 bits per heavy atom. The summed E-state index contributed by atoms with van der Waals surface area (Å²) in [6, 6.07) is -1.65. The van der Waals surface area contributed by atoms with E-state index in [4.69, 9.17) is 66.7 Å². The Kier molecular flexibility index (Phi) is 23.0. The molecule has 0 aliphatic carbocycles. The van der Waals surface area contributed by atoms with Crippen molar-refractivity contribution in [2.24, 2.45) is 0 Å². The molecule has 2 rings (SSSR count). The number of carbonyl (C=O) groups is 11. The highest BCUT2D eigenvalue weighted by molar-refractivity contribution is 5.87. The molecule has 67 heavy (non-hydrogen) atoms. The second kappa shape index (κ2) is 27.7. The van der Waals surface area contributed by atoms with Crippen LogP contribution in [-0.2, 0) is 104 Å². The Labute approximate surface area is 375 Å². The topological polar surface area (TPSA) is 396 Å². The molecule has 0 bridgehead atoms. The lowest BCUT2D eigenvalue weighted by Crippen LogP contribution is -2.67. The molecule has 2 unspecified atom stereocenters. The lowest BCUT2D eigenvalue weighted by Gasteiger charge is -2.47. The van der Waals surface area contributed by atoms with Gasteiger partial charge in [-0.25, -0.2) is 52.8 Å². The Morgan fingerprint density at radius 2 is 0.851 bits per heavy atom. The fourth-order valence-corrected chi connectivity index (χ4v) is 5.29. The molecule has 378 valence electrons. The third kappa shape index (κ3) is 16.8. The molecular formula is C34H45NO32. The van der Waals surface area contributed by atoms with Gasteiger partial charge < -0.3 is 99.8 Å². The lowest BCUT2D eigenvalue weighted by molar-refractivity contribution is -0.355. The average molecular weight is 980 g/mol. The molecule has 33 nitrogen and oxygen atoms in total. The maximum atomic E-state index is 13.0. The summed E-state index contributed by atoms with van der Waals surface area (Å²) in [5.74, 6) is -1.57. The van der Waals surface area contributed by atoms with Gasteiger partial charge in [0.15, 0.2) is 30.7 Å². The number of carboxylic acid groups (broad SMARTS) is 1. The van der Waals surface area contributed by atoms with Gasteiger partial charge in [0, 0.05) is 0 Å². The Hall–Kier alpha value is -7.55. The number of amides is 2. The monoisotopic (exact) mass is 979 g/mol. The van der Waals surface area contributed by atoms with Crippen molar-refractivity contribution in [2.45, 2.75) is 74.4 Å². The van der Waals surface area contributed by atoms with Crippen molar-refractivity contribution in [1.29, 1.82) is 0 Å². The van der Waals surface area contributed by atoms with Gasteiger partial charge in [-0.05, 0) is 6.92 Å². The molecule has 2 aliphatic heterocycles. The van der Waals surface area contributed by atoms with E-state index in [9.17, 15) is 52.7 Å². The number of hydrogen-bond donors (Lipinski definition) is 1. The van der Waals surface area contributed by atoms with Gasteiger partial charge in [-0.3, -0.25) is 4.79 Å². The Bertz CT molecular complexity index is 1740. The summed E-state index contributed by atoms with van der Waals surface area (Å²) >= 11 is 0. The third-order valence-electron chi connectivity index (χ3n) is 8.37. The van der Waals surface area contributed by atoms with Crippen molar-refractivity contribution in [1.82, 2.24) is 4.90 Å². The first-order valence-electron chi connectivity index (χ1n) is 18.4. The largest absolute Gasteiger partial charge is 0.510 e. The first-order chi connectivity index (χ1) is 31.8. The molecule has 2 saturated heterocycles. The van der Waals surface area contributed by atoms with Gasteiger partial charge in [-0.1, -0.05) is 0 Å². The van der Waals surface area contributed by atoms with Crippen LogP contribution < -0.4 is 0 Å². The molecule has 0 aromatic rings. The zero-order chi connectivity index (χ0) is 50.4. The van der Waals surface area contributed by atoms with Crippen molar-refractivity contribution in [3.63, 3.8) is 0 Å². The molecule has 0 aromatic heterocycles. The molecule has 0 aromatic carbocycles. The normalized spacial score (nSPS) is 24.4. The van der Waals surface area contributed by atoms with Crippen LogP contribution in [0.15, 0.2) is 0 Å². The fraction of sp³-hybridized carbons (Fsp3) is 0.676. The Balaban J connectivity index is 2.74. The SMILES string of the molecule is COC(=O)OC[C@H]1O[C@H](O[C@H]2[C@H](OC(=O)OC)[C@@H](OC(=O)OC)C(OC(=O)OCCOC(=O)N(C=O)C(C)C(=O)O)O[C@@H]2COC(=O)OC)[C@H](OC(=O)OC)[C@@H](OC(=O)OC)[C@@H]1OC(=O)OC. The lowest BCUT2D eigenvalue weighted by atomic mass is 9.96. The van der Waals surface area contributed by atoms with E-state index >= 15 is 0 Å². The maximum absolute atomic E-state index is 13.0. The molecule has 0 radical (unpaired) electrons. The minimum Gasteiger partial charge on any atom is -0.480 e. The molecule has 0 spiro atoms. The third-order valence-corrected chi connectivity index (χ3v) is 8.37. The van der Waals surface area contributed by atoms with Crippen molar-refractivity contribution >= 4 is 67.7 Å². The summed E-state index contributed by atoms with van der Waals surface area (Å²) < 4.78 is 101. The van der Waals surface area contributed by atoms with E-state index in [1.165, 1.54) is 0 Å². The molecule has 11 atom stereocenters. The smallest absolute Gasteiger partial charge is 0.480 e. The highest BCUT2D eigenvalue weighted by Crippen LogP contribution is 2.36. The van der Waals surface area contributed by atoms with Crippen molar-refractivity contribution in [2.75, 3.05) is 76.2 Å². The first kappa shape index (κ1) is 55.6. The number of ether oxygens (including phenoxy) is 20. The maximum Gasteiger partial charge on any atom is 0.510 e. The minimum atomic E-state index is -2.32. The summed E-state index contributed by atoms with van der Waals surface area (Å²) in [5.41, 5.74) is 0. The van der Waals surface area contributed by atoms with Crippen LogP contribution in [0.5, 0.6) is 0 Å². The number of carbonyl (C=O) groups excluding carboxylic acids is 10. The van der Waals surface area contributed by atoms with E-state index in [1.807, 2.05) is 0 Å². The fourth-order valence-electron chi connectivity index (χ4n) is 5.29. The van der Waals surface area contributed by atoms with Gasteiger partial charge in [0.25, 0.3) is 0 Å². The minimum absolute atomic E-state index is 0.127. The van der Waals surface area contributed by atoms with E-state index in [-0.39, 0.29) is 11.3 Å². The summed E-state index contributed by atoms with van der Waals surface area (Å²) in [6.45, 7) is -2.68. The van der Waals surface area contributed by atoms with Gasteiger partial charge in [0.2, 0.25) is 18.8 Å². The summed E-state index contributed by atoms with van der Waals surface area (Å²) in [7, 11) is 5.98. The van der Waals surface area contributed by atoms with Crippen molar-refractivity contribution in [3.8, 4) is 0 Å². The highest BCUT2D eigenvalue weighted by Gasteiger charge is 2.59. The molecule has 33 heteroatoms. The van der Waals surface area contributed by atoms with Gasteiger partial charge in [0.1, 0.15) is 50.8 Å². The quantitative estimate of drug-likeness (QED) is 0.0838. The number of hydrogen-bond acceptors (Lipinski definition) is 31. The number of rotatable bonds is 18. The number of carboxylic acids is 1. The molecule has 0 saturated carbocycles. The van der Waals surface area contributed by atoms with Crippen LogP contribution in [0.2, 0.25) is 0 Å². The van der Waals surface area contributed by atoms with E-state index < -0.39 is 155 Å². The second-order valence-corrected chi connectivity index (χ2v) is 12.3. The van der Waals surface area contributed by atoms with E-state index in [0.717, 1.165) is 56.7 Å². The molecule has 1 N–H and O–H groups in total. The number of aliphatic carboxylic acids is 1. The van der Waals surface area contributed by atoms with Crippen LogP contribution in [-0.4, -0.2) is 221 Å². The standard InChI is InChI=1S/C34H45NO32/c1-14(23(37)38)35(13-36)26(39)55-9-10-56-34(47)67-25-22(66-33(46)54-8)19(63-30(43)51-5)17(15(60-25)11-57-27(40)48-2)61-24-21(65-32(45)53-7)20(64-31(44)52-6)18(62-29(42)50-4)16(59-24)12-58-28(41)49-3/h13-22,24-25H,9-12H2,1-8H3,(H,37,38)/t14?,15-,16-,17-,18-,19+,20+,21-,22-,24-,25?/m1/s1. The van der Waals surface area contributed by atoms with Gasteiger partial charge in [-0.2, -0.15) is 0 Å². The van der Waals surface area contributed by atoms with Crippen LogP contribution in [0.3, 0.4) is 0 Å². The summed E-state index contributed by atoms with van der Waals surface area (Å²) in [6.07, 6.45) is -35.2. The van der Waals surface area contributed by atoms with E-state index in [2.05, 4.69) is 33.2 Å². The average Bonchev–Trinajstić information content (AvgIpc) is 3.31. The number of nitrogens with zero attached hydrogens (tertiary/aromatic N) is 1.